The maximum absolute atomic E-state index is 14.0. The Labute approximate surface area is 210 Å². The summed E-state index contributed by atoms with van der Waals surface area (Å²) in [5, 5.41) is 0. The summed E-state index contributed by atoms with van der Waals surface area (Å²) in [5.74, 6) is -0.207. The van der Waals surface area contributed by atoms with E-state index in [0.29, 0.717) is 32.9 Å². The predicted octanol–water partition coefficient (Wildman–Crippen LogP) is 2.32. The molecule has 182 valence electrons. The van der Waals surface area contributed by atoms with Crippen LogP contribution in [-0.4, -0.2) is 37.2 Å². The molecule has 5 rings (SSSR count). The molecule has 2 aliphatic rings. The number of allylic oxidation sites excluding steroid dienone is 1. The van der Waals surface area contributed by atoms with Crippen LogP contribution in [0.1, 0.15) is 24.1 Å². The summed E-state index contributed by atoms with van der Waals surface area (Å²) in [6.45, 7) is 5.34. The SMILES string of the molecule is C=CCOC(=O)C1=C(C)N=c2sc(=C3C(=O)N(C)c4ccccc43)c(=O)n2C1c1ccc(OC)cc1. The van der Waals surface area contributed by atoms with Gasteiger partial charge in [-0.3, -0.25) is 14.2 Å². The van der Waals surface area contributed by atoms with Crippen molar-refractivity contribution in [2.45, 2.75) is 13.0 Å². The van der Waals surface area contributed by atoms with Crippen LogP contribution in [0, 0.1) is 0 Å². The molecule has 0 aliphatic carbocycles. The summed E-state index contributed by atoms with van der Waals surface area (Å²) in [7, 11) is 3.25. The highest BCUT2D eigenvalue weighted by atomic mass is 32.1. The number of thiazole rings is 1. The van der Waals surface area contributed by atoms with Gasteiger partial charge in [0.25, 0.3) is 11.5 Å². The third kappa shape index (κ3) is 3.59. The fourth-order valence-electron chi connectivity index (χ4n) is 4.54. The van der Waals surface area contributed by atoms with Gasteiger partial charge in [-0.1, -0.05) is 54.3 Å². The molecule has 8 nitrogen and oxygen atoms in total. The molecule has 0 radical (unpaired) electrons. The number of hydrogen-bond donors (Lipinski definition) is 0. The first-order chi connectivity index (χ1) is 17.4. The van der Waals surface area contributed by atoms with Crippen molar-refractivity contribution in [2.75, 3.05) is 25.7 Å². The molecule has 9 heteroatoms. The van der Waals surface area contributed by atoms with Crippen molar-refractivity contribution >= 4 is 34.5 Å². The smallest absolute Gasteiger partial charge is 0.338 e. The third-order valence-electron chi connectivity index (χ3n) is 6.26. The van der Waals surface area contributed by atoms with Crippen molar-refractivity contribution in [3.05, 3.63) is 103 Å². The first-order valence-corrected chi connectivity index (χ1v) is 12.0. The molecule has 1 unspecified atom stereocenters. The number of anilines is 1. The number of esters is 1. The van der Waals surface area contributed by atoms with E-state index in [2.05, 4.69) is 11.6 Å². The molecule has 2 aliphatic heterocycles. The number of ether oxygens (including phenoxy) is 2. The van der Waals surface area contributed by atoms with Crippen LogP contribution in [0.25, 0.3) is 5.57 Å². The second-order valence-corrected chi connectivity index (χ2v) is 9.30. The summed E-state index contributed by atoms with van der Waals surface area (Å²) in [5.41, 5.74) is 2.75. The minimum Gasteiger partial charge on any atom is -0.497 e. The molecule has 1 atom stereocenters. The van der Waals surface area contributed by atoms with Gasteiger partial charge in [0.05, 0.1) is 35.7 Å². The van der Waals surface area contributed by atoms with E-state index in [1.54, 1.807) is 45.3 Å². The monoisotopic (exact) mass is 501 g/mol. The zero-order chi connectivity index (χ0) is 25.6. The Morgan fingerprint density at radius 2 is 1.89 bits per heavy atom. The largest absolute Gasteiger partial charge is 0.497 e. The molecule has 1 aromatic heterocycles. The topological polar surface area (TPSA) is 90.2 Å². The lowest BCUT2D eigenvalue weighted by Gasteiger charge is -2.24. The highest BCUT2D eigenvalue weighted by molar-refractivity contribution is 7.07. The molecule has 0 N–H and O–H groups in total. The number of aromatic nitrogens is 1. The molecule has 2 aromatic carbocycles. The number of methoxy groups -OCH3 is 1. The highest BCUT2D eigenvalue weighted by Gasteiger charge is 2.36. The Bertz CT molecular complexity index is 1630. The lowest BCUT2D eigenvalue weighted by molar-refractivity contribution is -0.138. The molecule has 0 fully saturated rings. The number of carbonyl (C=O) groups excluding carboxylic acids is 2. The molecule has 0 saturated carbocycles. The minimum atomic E-state index is -0.789. The number of rotatable bonds is 5. The van der Waals surface area contributed by atoms with E-state index in [0.717, 1.165) is 17.0 Å². The standard InChI is InChI=1S/C27H23N3O5S/c1-5-14-35-26(33)20-15(2)28-27-30(22(20)16-10-12-17(34-4)13-11-16)25(32)23(36-27)21-18-8-6-7-9-19(18)29(3)24(21)31/h5-13,22H,1,14H2,2-4H3. The van der Waals surface area contributed by atoms with Crippen LogP contribution in [0.2, 0.25) is 0 Å². The Kier molecular flexibility index (Phi) is 5.93. The lowest BCUT2D eigenvalue weighted by atomic mass is 9.96. The number of likely N-dealkylation sites (N-methyl/N-ethyl adjacent to an activating group) is 1. The van der Waals surface area contributed by atoms with Gasteiger partial charge in [-0.2, -0.15) is 0 Å². The number of carbonyl (C=O) groups is 2. The Morgan fingerprint density at radius 1 is 1.17 bits per heavy atom. The Balaban J connectivity index is 1.79. The number of fused-ring (bicyclic) bond motifs is 2. The molecular formula is C27H23N3O5S. The van der Waals surface area contributed by atoms with Crippen LogP contribution in [0.3, 0.4) is 0 Å². The maximum atomic E-state index is 14.0. The van der Waals surface area contributed by atoms with Crippen molar-refractivity contribution in [1.29, 1.82) is 0 Å². The van der Waals surface area contributed by atoms with Gasteiger partial charge >= 0.3 is 5.97 Å². The van der Waals surface area contributed by atoms with Gasteiger partial charge in [0.2, 0.25) is 0 Å². The average Bonchev–Trinajstić information content (AvgIpc) is 3.34. The van der Waals surface area contributed by atoms with E-state index in [9.17, 15) is 14.4 Å². The fraction of sp³-hybridized carbons (Fsp3) is 0.185. The van der Waals surface area contributed by atoms with Crippen molar-refractivity contribution in [3.63, 3.8) is 0 Å². The summed E-state index contributed by atoms with van der Waals surface area (Å²) < 4.78 is 12.4. The zero-order valence-electron chi connectivity index (χ0n) is 20.0. The van der Waals surface area contributed by atoms with E-state index < -0.39 is 17.6 Å². The van der Waals surface area contributed by atoms with E-state index in [1.165, 1.54) is 15.5 Å². The number of amides is 1. The molecule has 0 saturated heterocycles. The van der Waals surface area contributed by atoms with E-state index >= 15 is 0 Å². The van der Waals surface area contributed by atoms with Crippen LogP contribution < -0.4 is 24.5 Å². The number of nitrogens with zero attached hydrogens (tertiary/aromatic N) is 3. The lowest BCUT2D eigenvalue weighted by Crippen LogP contribution is -2.40. The van der Waals surface area contributed by atoms with Gasteiger partial charge < -0.3 is 14.4 Å². The molecule has 0 spiro atoms. The van der Waals surface area contributed by atoms with Gasteiger partial charge in [0.15, 0.2) is 4.80 Å². The van der Waals surface area contributed by atoms with Crippen LogP contribution in [0.5, 0.6) is 5.75 Å². The van der Waals surface area contributed by atoms with Gasteiger partial charge in [0, 0.05) is 12.6 Å². The summed E-state index contributed by atoms with van der Waals surface area (Å²) in [6, 6.07) is 13.7. The second-order valence-electron chi connectivity index (χ2n) is 8.32. The first kappa shape index (κ1) is 23.5. The van der Waals surface area contributed by atoms with E-state index in [-0.39, 0.29) is 22.6 Å². The van der Waals surface area contributed by atoms with Crippen LogP contribution >= 0.6 is 11.3 Å². The number of para-hydroxylation sites is 1. The second kappa shape index (κ2) is 9.09. The summed E-state index contributed by atoms with van der Waals surface area (Å²) >= 11 is 1.14. The van der Waals surface area contributed by atoms with Gasteiger partial charge in [-0.25, -0.2) is 9.79 Å². The Hall–Kier alpha value is -4.24. The van der Waals surface area contributed by atoms with Crippen LogP contribution in [-0.2, 0) is 14.3 Å². The summed E-state index contributed by atoms with van der Waals surface area (Å²) in [4.78, 5) is 46.8. The van der Waals surface area contributed by atoms with Crippen molar-refractivity contribution in [1.82, 2.24) is 4.57 Å². The molecule has 0 bridgehead atoms. The van der Waals surface area contributed by atoms with Crippen LogP contribution in [0.15, 0.2) is 82.2 Å². The third-order valence-corrected chi connectivity index (χ3v) is 7.31. The van der Waals surface area contributed by atoms with Crippen molar-refractivity contribution in [3.8, 4) is 5.75 Å². The highest BCUT2D eigenvalue weighted by Crippen LogP contribution is 2.35. The quantitative estimate of drug-likeness (QED) is 0.395. The fourth-order valence-corrected chi connectivity index (χ4v) is 5.67. The molecular weight excluding hydrogens is 478 g/mol. The molecule has 3 aromatic rings. The minimum absolute atomic E-state index is 0.0249. The summed E-state index contributed by atoms with van der Waals surface area (Å²) in [6.07, 6.45) is 1.48. The van der Waals surface area contributed by atoms with E-state index in [1.807, 2.05) is 24.3 Å². The van der Waals surface area contributed by atoms with Gasteiger partial charge in [0.1, 0.15) is 16.9 Å². The first-order valence-electron chi connectivity index (χ1n) is 11.2. The molecule has 3 heterocycles. The number of benzene rings is 2. The predicted molar refractivity (Wildman–Crippen MR) is 137 cm³/mol. The van der Waals surface area contributed by atoms with Gasteiger partial charge in [-0.05, 0) is 30.7 Å². The Morgan fingerprint density at radius 3 is 2.58 bits per heavy atom. The zero-order valence-corrected chi connectivity index (χ0v) is 20.8. The van der Waals surface area contributed by atoms with Crippen molar-refractivity contribution in [2.24, 2.45) is 4.99 Å². The van der Waals surface area contributed by atoms with Gasteiger partial charge in [-0.15, -0.1) is 0 Å². The average molecular weight is 502 g/mol. The molecule has 36 heavy (non-hydrogen) atoms. The van der Waals surface area contributed by atoms with E-state index in [4.69, 9.17) is 9.47 Å². The van der Waals surface area contributed by atoms with Crippen molar-refractivity contribution < 1.29 is 19.1 Å². The molecule has 1 amide bonds. The number of hydrogen-bond acceptors (Lipinski definition) is 7. The van der Waals surface area contributed by atoms with Crippen LogP contribution in [0.4, 0.5) is 5.69 Å². The maximum Gasteiger partial charge on any atom is 0.338 e. The normalized spacial score (nSPS) is 17.9.